The van der Waals surface area contributed by atoms with Crippen molar-refractivity contribution >= 4 is 19.1 Å². The van der Waals surface area contributed by atoms with Gasteiger partial charge in [0, 0.05) is 17.6 Å². The van der Waals surface area contributed by atoms with Crippen LogP contribution in [0.4, 0.5) is 0 Å². The Labute approximate surface area is 209 Å². The summed E-state index contributed by atoms with van der Waals surface area (Å²) in [7, 11) is -0.363. The molecule has 2 fully saturated rings. The lowest BCUT2D eigenvalue weighted by molar-refractivity contribution is 0.0645. The maximum Gasteiger partial charge on any atom is 0.254 e. The van der Waals surface area contributed by atoms with Gasteiger partial charge in [0.1, 0.15) is 0 Å². The maximum absolute atomic E-state index is 14.1. The highest BCUT2D eigenvalue weighted by atomic mass is 31.1. The monoisotopic (exact) mass is 477 g/mol. The standard InChI is InChI=1S/C31H44NOP/c1-23(2)32(24(3)4)31(33)29-21-20-26(25-14-8-5-9-15-25)22-30(29)34(27-16-10-6-11-17-27)28-18-12-7-13-19-28/h5,8-9,14-15,20-24,27-28H,6-7,10-13,16-19H2,1-4H3. The van der Waals surface area contributed by atoms with Crippen LogP contribution in [0.25, 0.3) is 11.1 Å². The van der Waals surface area contributed by atoms with E-state index in [4.69, 9.17) is 0 Å². The van der Waals surface area contributed by atoms with Gasteiger partial charge in [0.15, 0.2) is 0 Å². The average Bonchev–Trinajstić information content (AvgIpc) is 2.85. The molecule has 0 atom stereocenters. The van der Waals surface area contributed by atoms with E-state index >= 15 is 0 Å². The molecular weight excluding hydrogens is 433 g/mol. The summed E-state index contributed by atoms with van der Waals surface area (Å²) in [6.07, 6.45) is 13.6. The Morgan fingerprint density at radius 2 is 1.26 bits per heavy atom. The minimum atomic E-state index is -0.363. The van der Waals surface area contributed by atoms with Crippen molar-refractivity contribution in [3.63, 3.8) is 0 Å². The fraction of sp³-hybridized carbons (Fsp3) is 0.581. The van der Waals surface area contributed by atoms with Crippen molar-refractivity contribution in [2.45, 2.75) is 115 Å². The SMILES string of the molecule is CC(C)N(C(=O)c1ccc(-c2ccccc2)cc1P(C1CCCCC1)C1CCCCC1)C(C)C. The molecule has 2 aromatic carbocycles. The molecule has 2 aliphatic carbocycles. The third-order valence-corrected chi connectivity index (χ3v) is 11.4. The van der Waals surface area contributed by atoms with Gasteiger partial charge in [-0.05, 0) is 93.3 Å². The summed E-state index contributed by atoms with van der Waals surface area (Å²) in [6.45, 7) is 8.62. The molecule has 2 nitrogen and oxygen atoms in total. The molecule has 0 heterocycles. The van der Waals surface area contributed by atoms with E-state index in [2.05, 4.69) is 81.1 Å². The quantitative estimate of drug-likeness (QED) is 0.367. The number of hydrogen-bond donors (Lipinski definition) is 0. The maximum atomic E-state index is 14.1. The zero-order chi connectivity index (χ0) is 24.1. The van der Waals surface area contributed by atoms with Crippen LogP contribution >= 0.6 is 7.92 Å². The van der Waals surface area contributed by atoms with E-state index in [1.165, 1.54) is 80.6 Å². The van der Waals surface area contributed by atoms with Crippen LogP contribution in [-0.4, -0.2) is 34.2 Å². The van der Waals surface area contributed by atoms with Gasteiger partial charge in [-0.1, -0.05) is 82.8 Å². The molecule has 2 saturated carbocycles. The van der Waals surface area contributed by atoms with Gasteiger partial charge in [-0.3, -0.25) is 4.79 Å². The molecule has 184 valence electrons. The third-order valence-electron chi connectivity index (χ3n) is 7.90. The smallest absolute Gasteiger partial charge is 0.254 e. The van der Waals surface area contributed by atoms with Crippen LogP contribution < -0.4 is 5.30 Å². The van der Waals surface area contributed by atoms with Crippen LogP contribution in [-0.2, 0) is 0 Å². The first-order valence-corrected chi connectivity index (χ1v) is 15.3. The minimum absolute atomic E-state index is 0.199. The van der Waals surface area contributed by atoms with E-state index in [1.54, 1.807) is 0 Å². The van der Waals surface area contributed by atoms with Crippen molar-refractivity contribution in [3.05, 3.63) is 54.1 Å². The molecule has 0 aliphatic heterocycles. The van der Waals surface area contributed by atoms with Gasteiger partial charge >= 0.3 is 0 Å². The largest absolute Gasteiger partial charge is 0.334 e. The van der Waals surface area contributed by atoms with Crippen LogP contribution in [0, 0.1) is 0 Å². The van der Waals surface area contributed by atoms with Gasteiger partial charge in [-0.2, -0.15) is 0 Å². The van der Waals surface area contributed by atoms with Crippen LogP contribution in [0.1, 0.15) is 102 Å². The summed E-state index contributed by atoms with van der Waals surface area (Å²) < 4.78 is 0. The zero-order valence-corrected chi connectivity index (χ0v) is 22.7. The fourth-order valence-corrected chi connectivity index (χ4v) is 10.3. The molecule has 2 aliphatic rings. The Hall–Kier alpha value is -1.66. The average molecular weight is 478 g/mol. The Morgan fingerprint density at radius 3 is 1.76 bits per heavy atom. The topological polar surface area (TPSA) is 20.3 Å². The molecule has 0 radical (unpaired) electrons. The Morgan fingerprint density at radius 1 is 0.735 bits per heavy atom. The molecule has 34 heavy (non-hydrogen) atoms. The molecule has 2 aromatic rings. The van der Waals surface area contributed by atoms with Crippen LogP contribution in [0.5, 0.6) is 0 Å². The van der Waals surface area contributed by atoms with Crippen LogP contribution in [0.2, 0.25) is 0 Å². The number of rotatable bonds is 7. The van der Waals surface area contributed by atoms with Gasteiger partial charge in [-0.25, -0.2) is 0 Å². The number of carbonyl (C=O) groups is 1. The van der Waals surface area contributed by atoms with Gasteiger partial charge in [0.05, 0.1) is 0 Å². The van der Waals surface area contributed by atoms with Crippen molar-refractivity contribution in [1.29, 1.82) is 0 Å². The lowest BCUT2D eigenvalue weighted by Gasteiger charge is -2.40. The molecule has 0 unspecified atom stereocenters. The summed E-state index contributed by atoms with van der Waals surface area (Å²) in [5.41, 5.74) is 5.07. The highest BCUT2D eigenvalue weighted by Crippen LogP contribution is 2.55. The van der Waals surface area contributed by atoms with E-state index < -0.39 is 0 Å². The number of nitrogens with zero attached hydrogens (tertiary/aromatic N) is 1. The third kappa shape index (κ3) is 5.76. The summed E-state index contributed by atoms with van der Waals surface area (Å²) >= 11 is 0. The first kappa shape index (κ1) is 25.4. The summed E-state index contributed by atoms with van der Waals surface area (Å²) in [5.74, 6) is 0.235. The van der Waals surface area contributed by atoms with Gasteiger partial charge < -0.3 is 4.90 Å². The van der Waals surface area contributed by atoms with E-state index in [1.807, 2.05) is 0 Å². The van der Waals surface area contributed by atoms with Crippen molar-refractivity contribution in [2.75, 3.05) is 0 Å². The highest BCUT2D eigenvalue weighted by molar-refractivity contribution is 7.67. The number of benzene rings is 2. The molecule has 1 amide bonds. The summed E-state index contributed by atoms with van der Waals surface area (Å²) in [5, 5.41) is 1.41. The normalized spacial score (nSPS) is 18.1. The number of hydrogen-bond acceptors (Lipinski definition) is 1. The molecule has 0 spiro atoms. The summed E-state index contributed by atoms with van der Waals surface area (Å²) in [4.78, 5) is 16.2. The molecule has 0 bridgehead atoms. The molecule has 0 saturated heterocycles. The van der Waals surface area contributed by atoms with Crippen molar-refractivity contribution < 1.29 is 4.79 Å². The van der Waals surface area contributed by atoms with Crippen molar-refractivity contribution in [2.24, 2.45) is 0 Å². The molecular formula is C31H44NOP. The zero-order valence-electron chi connectivity index (χ0n) is 21.8. The second-order valence-electron chi connectivity index (χ2n) is 11.0. The Balaban J connectivity index is 1.84. The molecule has 0 aromatic heterocycles. The van der Waals surface area contributed by atoms with Gasteiger partial charge in [-0.15, -0.1) is 0 Å². The predicted octanol–water partition coefficient (Wildman–Crippen LogP) is 8.39. The second kappa shape index (κ2) is 11.9. The second-order valence-corrected chi connectivity index (χ2v) is 13.7. The first-order chi connectivity index (χ1) is 16.5. The van der Waals surface area contributed by atoms with Crippen LogP contribution in [0.3, 0.4) is 0 Å². The lowest BCUT2D eigenvalue weighted by atomic mass is 9.99. The van der Waals surface area contributed by atoms with Crippen molar-refractivity contribution in [1.82, 2.24) is 4.90 Å². The minimum Gasteiger partial charge on any atom is -0.334 e. The molecule has 3 heteroatoms. The summed E-state index contributed by atoms with van der Waals surface area (Å²) in [6, 6.07) is 18.0. The molecule has 0 N–H and O–H groups in total. The van der Waals surface area contributed by atoms with E-state index in [9.17, 15) is 4.79 Å². The molecule has 4 rings (SSSR count). The predicted molar refractivity (Wildman–Crippen MR) is 149 cm³/mol. The van der Waals surface area contributed by atoms with E-state index in [0.29, 0.717) is 0 Å². The highest BCUT2D eigenvalue weighted by Gasteiger charge is 2.36. The Kier molecular flexibility index (Phi) is 8.86. The fourth-order valence-electron chi connectivity index (χ4n) is 6.35. The van der Waals surface area contributed by atoms with E-state index in [0.717, 1.165) is 16.9 Å². The lowest BCUT2D eigenvalue weighted by Crippen LogP contribution is -2.44. The van der Waals surface area contributed by atoms with Crippen molar-refractivity contribution in [3.8, 4) is 11.1 Å². The van der Waals surface area contributed by atoms with Gasteiger partial charge in [0.2, 0.25) is 0 Å². The van der Waals surface area contributed by atoms with E-state index in [-0.39, 0.29) is 25.9 Å². The van der Waals surface area contributed by atoms with Crippen LogP contribution in [0.15, 0.2) is 48.5 Å². The first-order valence-electron chi connectivity index (χ1n) is 13.8. The number of carbonyl (C=O) groups excluding carboxylic acids is 1. The number of amides is 1. The van der Waals surface area contributed by atoms with Gasteiger partial charge in [0.25, 0.3) is 5.91 Å². The Bertz CT molecular complexity index is 900.